The van der Waals surface area contributed by atoms with E-state index in [-0.39, 0.29) is 34.2 Å². The van der Waals surface area contributed by atoms with E-state index in [0.29, 0.717) is 11.5 Å². The van der Waals surface area contributed by atoms with Crippen molar-refractivity contribution in [3.8, 4) is 11.5 Å². The maximum Gasteiger partial charge on any atom is 0.314 e. The molecule has 2 heterocycles. The number of rotatable bonds is 4. The van der Waals surface area contributed by atoms with Crippen LogP contribution in [0.5, 0.6) is 11.5 Å². The van der Waals surface area contributed by atoms with Crippen LogP contribution >= 0.6 is 0 Å². The monoisotopic (exact) mass is 392 g/mol. The SMILES string of the molecule is Cc1occc(=O)c1OC(=O)C(C)C.Cc1occc(=O)c1OC(=O)C(C)C. The maximum atomic E-state index is 11.3. The third-order valence-corrected chi connectivity index (χ3v) is 3.36. The molecule has 0 aliphatic carbocycles. The predicted octanol–water partition coefficient (Wildman–Crippen LogP) is 3.02. The summed E-state index contributed by atoms with van der Waals surface area (Å²) in [7, 11) is 0. The van der Waals surface area contributed by atoms with Gasteiger partial charge in [0.05, 0.1) is 24.4 Å². The average molecular weight is 392 g/mol. The van der Waals surface area contributed by atoms with Gasteiger partial charge in [-0.25, -0.2) is 0 Å². The fourth-order valence-corrected chi connectivity index (χ4v) is 1.68. The van der Waals surface area contributed by atoms with E-state index >= 15 is 0 Å². The summed E-state index contributed by atoms with van der Waals surface area (Å²) in [5, 5.41) is 0. The highest BCUT2D eigenvalue weighted by Crippen LogP contribution is 2.13. The van der Waals surface area contributed by atoms with E-state index in [1.54, 1.807) is 41.5 Å². The molecule has 2 aromatic heterocycles. The first-order valence-electron chi connectivity index (χ1n) is 8.64. The summed E-state index contributed by atoms with van der Waals surface area (Å²) in [5.74, 6) is -0.836. The Labute approximate surface area is 162 Å². The summed E-state index contributed by atoms with van der Waals surface area (Å²) in [6.07, 6.45) is 2.54. The lowest BCUT2D eigenvalue weighted by Gasteiger charge is -2.06. The molecule has 0 saturated heterocycles. The topological polar surface area (TPSA) is 113 Å². The zero-order chi connectivity index (χ0) is 21.4. The van der Waals surface area contributed by atoms with Gasteiger partial charge in [0.25, 0.3) is 0 Å². The number of hydrogen-bond donors (Lipinski definition) is 0. The van der Waals surface area contributed by atoms with E-state index in [1.807, 2.05) is 0 Å². The van der Waals surface area contributed by atoms with E-state index in [1.165, 1.54) is 24.7 Å². The second-order valence-corrected chi connectivity index (χ2v) is 6.49. The van der Waals surface area contributed by atoms with E-state index in [9.17, 15) is 19.2 Å². The zero-order valence-electron chi connectivity index (χ0n) is 16.7. The van der Waals surface area contributed by atoms with Crippen molar-refractivity contribution in [1.29, 1.82) is 0 Å². The Morgan fingerprint density at radius 2 is 1.07 bits per heavy atom. The summed E-state index contributed by atoms with van der Waals surface area (Å²) in [6, 6.07) is 2.44. The van der Waals surface area contributed by atoms with Crippen molar-refractivity contribution >= 4 is 11.9 Å². The lowest BCUT2D eigenvalue weighted by molar-refractivity contribution is -0.138. The van der Waals surface area contributed by atoms with E-state index in [0.717, 1.165) is 0 Å². The fourth-order valence-electron chi connectivity index (χ4n) is 1.68. The standard InChI is InChI=1S/2C10H12O4/c2*1-6(2)10(12)14-9-7(3)13-5-4-8(9)11/h2*4-6H,1-3H3. The molecule has 0 N–H and O–H groups in total. The maximum absolute atomic E-state index is 11.3. The largest absolute Gasteiger partial charge is 0.465 e. The molecule has 0 atom stereocenters. The number of ether oxygens (including phenoxy) is 2. The van der Waals surface area contributed by atoms with Crippen LogP contribution < -0.4 is 20.3 Å². The predicted molar refractivity (Wildman–Crippen MR) is 100 cm³/mol. The lowest BCUT2D eigenvalue weighted by atomic mass is 10.2. The Balaban J connectivity index is 0.000000280. The molecule has 2 aromatic rings. The second kappa shape index (κ2) is 10.2. The molecule has 0 saturated carbocycles. The van der Waals surface area contributed by atoms with Gasteiger partial charge in [0.2, 0.25) is 22.4 Å². The van der Waals surface area contributed by atoms with Gasteiger partial charge in [0, 0.05) is 12.1 Å². The smallest absolute Gasteiger partial charge is 0.314 e. The highest BCUT2D eigenvalue weighted by Gasteiger charge is 2.15. The Bertz CT molecular complexity index is 856. The fraction of sp³-hybridized carbons (Fsp3) is 0.400. The molecule has 0 unspecified atom stereocenters. The molecule has 0 aromatic carbocycles. The molecule has 0 fully saturated rings. The molecule has 0 amide bonds. The van der Waals surface area contributed by atoms with Crippen LogP contribution in [0.25, 0.3) is 0 Å². The molecule has 0 aliphatic rings. The highest BCUT2D eigenvalue weighted by molar-refractivity contribution is 5.74. The minimum Gasteiger partial charge on any atom is -0.465 e. The average Bonchev–Trinajstić information content (AvgIpc) is 2.61. The number of esters is 2. The van der Waals surface area contributed by atoms with Gasteiger partial charge in [0.1, 0.15) is 11.5 Å². The van der Waals surface area contributed by atoms with Crippen molar-refractivity contribution in [2.24, 2.45) is 11.8 Å². The Morgan fingerprint density at radius 1 is 0.750 bits per heavy atom. The molecule has 152 valence electrons. The van der Waals surface area contributed by atoms with Crippen molar-refractivity contribution in [2.45, 2.75) is 41.5 Å². The van der Waals surface area contributed by atoms with Gasteiger partial charge in [0.15, 0.2) is 0 Å². The minimum absolute atomic E-state index is 0.0220. The molecular formula is C20H24O8. The van der Waals surface area contributed by atoms with Gasteiger partial charge in [-0.1, -0.05) is 27.7 Å². The van der Waals surface area contributed by atoms with Crippen molar-refractivity contribution in [3.63, 3.8) is 0 Å². The van der Waals surface area contributed by atoms with Gasteiger partial charge in [-0.3, -0.25) is 19.2 Å². The van der Waals surface area contributed by atoms with Crippen molar-refractivity contribution < 1.29 is 27.9 Å². The highest BCUT2D eigenvalue weighted by atomic mass is 16.5. The van der Waals surface area contributed by atoms with Gasteiger partial charge in [-0.2, -0.15) is 0 Å². The van der Waals surface area contributed by atoms with Gasteiger partial charge in [-0.15, -0.1) is 0 Å². The third-order valence-electron chi connectivity index (χ3n) is 3.36. The molecule has 0 aliphatic heterocycles. The van der Waals surface area contributed by atoms with Gasteiger partial charge < -0.3 is 18.3 Å². The number of carbonyl (C=O) groups excluding carboxylic acids is 2. The van der Waals surface area contributed by atoms with Crippen LogP contribution in [0.4, 0.5) is 0 Å². The van der Waals surface area contributed by atoms with Crippen LogP contribution in [-0.2, 0) is 9.59 Å². The Hall–Kier alpha value is -3.16. The molecule has 28 heavy (non-hydrogen) atoms. The van der Waals surface area contributed by atoms with Crippen LogP contribution in [0.3, 0.4) is 0 Å². The van der Waals surface area contributed by atoms with E-state index in [2.05, 4.69) is 0 Å². The molecule has 0 bridgehead atoms. The normalized spacial score (nSPS) is 10.3. The lowest BCUT2D eigenvalue weighted by Crippen LogP contribution is -2.19. The number of hydrogen-bond acceptors (Lipinski definition) is 8. The summed E-state index contributed by atoms with van der Waals surface area (Å²) < 4.78 is 19.7. The summed E-state index contributed by atoms with van der Waals surface area (Å²) in [6.45, 7) is 9.93. The van der Waals surface area contributed by atoms with E-state index < -0.39 is 11.9 Å². The van der Waals surface area contributed by atoms with Crippen LogP contribution in [0.1, 0.15) is 39.2 Å². The number of carbonyl (C=O) groups is 2. The number of aryl methyl sites for hydroxylation is 2. The molecule has 8 heteroatoms. The first-order valence-corrected chi connectivity index (χ1v) is 8.64. The molecule has 8 nitrogen and oxygen atoms in total. The summed E-state index contributed by atoms with van der Waals surface area (Å²) >= 11 is 0. The van der Waals surface area contributed by atoms with Crippen molar-refractivity contribution in [1.82, 2.24) is 0 Å². The summed E-state index contributed by atoms with van der Waals surface area (Å²) in [4.78, 5) is 44.9. The van der Waals surface area contributed by atoms with Crippen LogP contribution in [0, 0.1) is 25.7 Å². The van der Waals surface area contributed by atoms with Crippen molar-refractivity contribution in [3.05, 3.63) is 56.6 Å². The van der Waals surface area contributed by atoms with Gasteiger partial charge >= 0.3 is 11.9 Å². The van der Waals surface area contributed by atoms with E-state index in [4.69, 9.17) is 18.3 Å². The molecule has 0 radical (unpaired) electrons. The molecule has 0 spiro atoms. The van der Waals surface area contributed by atoms with Crippen LogP contribution in [0.15, 0.2) is 43.1 Å². The molecule has 2 rings (SSSR count). The van der Waals surface area contributed by atoms with Crippen molar-refractivity contribution in [2.75, 3.05) is 0 Å². The van der Waals surface area contributed by atoms with Crippen LogP contribution in [-0.4, -0.2) is 11.9 Å². The summed E-state index contributed by atoms with van der Waals surface area (Å²) in [5.41, 5.74) is -0.689. The van der Waals surface area contributed by atoms with Crippen LogP contribution in [0.2, 0.25) is 0 Å². The third kappa shape index (κ3) is 6.53. The second-order valence-electron chi connectivity index (χ2n) is 6.49. The Kier molecular flexibility index (Phi) is 8.37. The zero-order valence-corrected chi connectivity index (χ0v) is 16.7. The first-order chi connectivity index (χ1) is 13.0. The quantitative estimate of drug-likeness (QED) is 0.730. The van der Waals surface area contributed by atoms with Gasteiger partial charge in [-0.05, 0) is 13.8 Å². The molecular weight excluding hydrogens is 368 g/mol. The first kappa shape index (κ1) is 22.9. The Morgan fingerprint density at radius 3 is 1.32 bits per heavy atom. The minimum atomic E-state index is -0.438.